The van der Waals surface area contributed by atoms with Crippen LogP contribution < -0.4 is 5.32 Å². The number of nitrogens with zero attached hydrogens (tertiary/aromatic N) is 3. The van der Waals surface area contributed by atoms with Crippen LogP contribution in [0.5, 0.6) is 0 Å². The normalized spacial score (nSPS) is 10.3. The Hall–Kier alpha value is -1.58. The van der Waals surface area contributed by atoms with Crippen molar-refractivity contribution in [1.29, 1.82) is 0 Å². The van der Waals surface area contributed by atoms with Crippen LogP contribution >= 0.6 is 0 Å². The number of nitrogens with one attached hydrogen (secondary N) is 1. The van der Waals surface area contributed by atoms with Gasteiger partial charge in [0.25, 0.3) is 0 Å². The number of hydrogen-bond acceptors (Lipinski definition) is 3. The van der Waals surface area contributed by atoms with E-state index in [-0.39, 0.29) is 0 Å². The van der Waals surface area contributed by atoms with Crippen molar-refractivity contribution >= 4 is 11.5 Å². The summed E-state index contributed by atoms with van der Waals surface area (Å²) in [6.07, 6.45) is 1.68. The van der Waals surface area contributed by atoms with E-state index in [9.17, 15) is 0 Å². The van der Waals surface area contributed by atoms with E-state index in [4.69, 9.17) is 0 Å². The molecule has 0 aliphatic heterocycles. The minimum atomic E-state index is 0.858. The molecule has 0 atom stereocenters. The van der Waals surface area contributed by atoms with Gasteiger partial charge in [0.15, 0.2) is 5.65 Å². The van der Waals surface area contributed by atoms with Gasteiger partial charge in [-0.2, -0.15) is 0 Å². The zero-order valence-corrected chi connectivity index (χ0v) is 6.15. The van der Waals surface area contributed by atoms with Gasteiger partial charge in [0.05, 0.1) is 0 Å². The topological polar surface area (TPSA) is 42.2 Å². The highest BCUT2D eigenvalue weighted by molar-refractivity contribution is 5.48. The van der Waals surface area contributed by atoms with Gasteiger partial charge in [0.2, 0.25) is 0 Å². The quantitative estimate of drug-likeness (QED) is 0.649. The summed E-state index contributed by atoms with van der Waals surface area (Å²) in [6, 6.07) is 5.82. The predicted molar refractivity (Wildman–Crippen MR) is 42.5 cm³/mol. The van der Waals surface area contributed by atoms with Crippen LogP contribution in [0.3, 0.4) is 0 Å². The van der Waals surface area contributed by atoms with E-state index in [0.29, 0.717) is 0 Å². The first-order chi connectivity index (χ1) is 5.42. The molecule has 0 aliphatic carbocycles. The van der Waals surface area contributed by atoms with E-state index in [1.165, 1.54) is 0 Å². The Morgan fingerprint density at radius 1 is 1.45 bits per heavy atom. The first-order valence-electron chi connectivity index (χ1n) is 3.38. The molecule has 56 valence electrons. The fourth-order valence-corrected chi connectivity index (χ4v) is 1.05. The van der Waals surface area contributed by atoms with Gasteiger partial charge in [-0.1, -0.05) is 6.07 Å². The van der Waals surface area contributed by atoms with Crippen molar-refractivity contribution in [3.05, 3.63) is 24.5 Å². The summed E-state index contributed by atoms with van der Waals surface area (Å²) in [6.45, 7) is 0. The van der Waals surface area contributed by atoms with Crippen LogP contribution in [-0.2, 0) is 0 Å². The molecule has 0 radical (unpaired) electrons. The minimum absolute atomic E-state index is 0.858. The Morgan fingerprint density at radius 2 is 2.36 bits per heavy atom. The van der Waals surface area contributed by atoms with Crippen molar-refractivity contribution in [2.45, 2.75) is 0 Å². The van der Waals surface area contributed by atoms with Crippen LogP contribution in [0.4, 0.5) is 5.82 Å². The highest BCUT2D eigenvalue weighted by Gasteiger charge is 1.96. The molecule has 2 aromatic heterocycles. The third-order valence-corrected chi connectivity index (χ3v) is 1.59. The number of rotatable bonds is 1. The van der Waals surface area contributed by atoms with E-state index in [2.05, 4.69) is 15.5 Å². The van der Waals surface area contributed by atoms with E-state index in [1.807, 2.05) is 29.6 Å². The molecule has 2 aromatic rings. The Morgan fingerprint density at radius 3 is 3.18 bits per heavy atom. The first kappa shape index (κ1) is 6.15. The average Bonchev–Trinajstić information content (AvgIpc) is 2.50. The Bertz CT molecular complexity index is 365. The third kappa shape index (κ3) is 0.832. The molecule has 2 heterocycles. The molecule has 0 bridgehead atoms. The maximum atomic E-state index is 3.90. The number of fused-ring (bicyclic) bond motifs is 1. The summed E-state index contributed by atoms with van der Waals surface area (Å²) < 4.78 is 1.89. The summed E-state index contributed by atoms with van der Waals surface area (Å²) in [7, 11) is 1.87. The van der Waals surface area contributed by atoms with Crippen LogP contribution in [0.2, 0.25) is 0 Å². The lowest BCUT2D eigenvalue weighted by Gasteiger charge is -2.00. The van der Waals surface area contributed by atoms with Crippen LogP contribution in [0.15, 0.2) is 24.5 Å². The summed E-state index contributed by atoms with van der Waals surface area (Å²) >= 11 is 0. The van der Waals surface area contributed by atoms with E-state index < -0.39 is 0 Å². The van der Waals surface area contributed by atoms with Crippen LogP contribution in [0.1, 0.15) is 0 Å². The van der Waals surface area contributed by atoms with Crippen molar-refractivity contribution < 1.29 is 0 Å². The fourth-order valence-electron chi connectivity index (χ4n) is 1.05. The lowest BCUT2D eigenvalue weighted by atomic mass is 10.4. The van der Waals surface area contributed by atoms with Crippen molar-refractivity contribution in [3.8, 4) is 0 Å². The summed E-state index contributed by atoms with van der Waals surface area (Å²) in [4.78, 5) is 0. The molecular formula is C7H8N4. The van der Waals surface area contributed by atoms with Gasteiger partial charge < -0.3 is 5.32 Å². The van der Waals surface area contributed by atoms with Crippen molar-refractivity contribution in [1.82, 2.24) is 14.6 Å². The highest BCUT2D eigenvalue weighted by atomic mass is 15.2. The average molecular weight is 148 g/mol. The molecular weight excluding hydrogens is 140 g/mol. The van der Waals surface area contributed by atoms with E-state index in [1.54, 1.807) is 6.33 Å². The molecule has 0 saturated heterocycles. The fraction of sp³-hybridized carbons (Fsp3) is 0.143. The number of hydrogen-bond donors (Lipinski definition) is 1. The SMILES string of the molecule is CNc1cccc2nncn12. The maximum absolute atomic E-state index is 3.90. The molecule has 1 N–H and O–H groups in total. The Balaban J connectivity index is 2.79. The first-order valence-corrected chi connectivity index (χ1v) is 3.38. The second-order valence-electron chi connectivity index (χ2n) is 2.22. The van der Waals surface area contributed by atoms with E-state index in [0.717, 1.165) is 11.5 Å². The monoisotopic (exact) mass is 148 g/mol. The lowest BCUT2D eigenvalue weighted by Crippen LogP contribution is -1.95. The van der Waals surface area contributed by atoms with Crippen molar-refractivity contribution in [2.24, 2.45) is 0 Å². The lowest BCUT2D eigenvalue weighted by molar-refractivity contribution is 1.10. The van der Waals surface area contributed by atoms with Crippen LogP contribution in [0.25, 0.3) is 5.65 Å². The van der Waals surface area contributed by atoms with Gasteiger partial charge in [-0.15, -0.1) is 10.2 Å². The molecule has 0 unspecified atom stereocenters. The zero-order chi connectivity index (χ0) is 7.68. The number of aromatic nitrogens is 3. The predicted octanol–water partition coefficient (Wildman–Crippen LogP) is 0.771. The molecule has 11 heavy (non-hydrogen) atoms. The molecule has 0 aliphatic rings. The summed E-state index contributed by atoms with van der Waals surface area (Å²) in [5.74, 6) is 0.993. The summed E-state index contributed by atoms with van der Waals surface area (Å²) in [5.41, 5.74) is 0.858. The molecule has 0 fully saturated rings. The van der Waals surface area contributed by atoms with Gasteiger partial charge in [-0.05, 0) is 12.1 Å². The third-order valence-electron chi connectivity index (χ3n) is 1.59. The second-order valence-corrected chi connectivity index (χ2v) is 2.22. The van der Waals surface area contributed by atoms with Crippen LogP contribution in [0, 0.1) is 0 Å². The molecule has 4 nitrogen and oxygen atoms in total. The standard InChI is InChI=1S/C7H8N4/c1-8-6-3-2-4-7-10-9-5-11(6)7/h2-5,8H,1H3. The Labute approximate surface area is 63.9 Å². The van der Waals surface area contributed by atoms with Crippen molar-refractivity contribution in [3.63, 3.8) is 0 Å². The largest absolute Gasteiger partial charge is 0.374 e. The summed E-state index contributed by atoms with van der Waals surface area (Å²) in [5, 5.41) is 10.7. The molecule has 0 amide bonds. The Kier molecular flexibility index (Phi) is 1.25. The number of anilines is 1. The molecule has 0 spiro atoms. The minimum Gasteiger partial charge on any atom is -0.374 e. The van der Waals surface area contributed by atoms with Crippen LogP contribution in [-0.4, -0.2) is 21.6 Å². The smallest absolute Gasteiger partial charge is 0.162 e. The molecule has 0 aromatic carbocycles. The zero-order valence-electron chi connectivity index (χ0n) is 6.15. The van der Waals surface area contributed by atoms with Crippen molar-refractivity contribution in [2.75, 3.05) is 12.4 Å². The molecule has 4 heteroatoms. The maximum Gasteiger partial charge on any atom is 0.162 e. The molecule has 0 saturated carbocycles. The van der Waals surface area contributed by atoms with Gasteiger partial charge in [-0.25, -0.2) is 0 Å². The highest BCUT2D eigenvalue weighted by Crippen LogP contribution is 2.07. The van der Waals surface area contributed by atoms with E-state index >= 15 is 0 Å². The second kappa shape index (κ2) is 2.23. The molecule has 2 rings (SSSR count). The van der Waals surface area contributed by atoms with Gasteiger partial charge >= 0.3 is 0 Å². The number of pyridine rings is 1. The van der Waals surface area contributed by atoms with Gasteiger partial charge in [0, 0.05) is 7.05 Å². The van der Waals surface area contributed by atoms with Gasteiger partial charge in [-0.3, -0.25) is 4.40 Å². The van der Waals surface area contributed by atoms with Gasteiger partial charge in [0.1, 0.15) is 12.1 Å².